The van der Waals surface area contributed by atoms with Gasteiger partial charge in [-0.2, -0.15) is 4.99 Å². The number of hydrogen-bond acceptors (Lipinski definition) is 6. The Morgan fingerprint density at radius 1 is 1.14 bits per heavy atom. The lowest BCUT2D eigenvalue weighted by atomic mass is 10.2. The molecule has 146 valence electrons. The molecule has 8 heteroatoms. The lowest BCUT2D eigenvalue weighted by Gasteiger charge is -2.05. The summed E-state index contributed by atoms with van der Waals surface area (Å²) in [4.78, 5) is 30.5. The second-order valence-electron chi connectivity index (χ2n) is 5.85. The molecular formula is C20H20N2O4S2. The monoisotopic (exact) mass is 416 g/mol. The third kappa shape index (κ3) is 4.35. The minimum absolute atomic E-state index is 0.304. The molecule has 0 unspecified atom stereocenters. The lowest BCUT2D eigenvalue weighted by molar-refractivity contribution is 0.0601. The number of rotatable bonds is 6. The molecule has 3 rings (SSSR count). The van der Waals surface area contributed by atoms with E-state index in [2.05, 4.69) is 4.99 Å². The van der Waals surface area contributed by atoms with Crippen LogP contribution in [-0.2, 0) is 16.0 Å². The highest BCUT2D eigenvalue weighted by atomic mass is 32.2. The van der Waals surface area contributed by atoms with Crippen LogP contribution in [-0.4, -0.2) is 43.5 Å². The zero-order valence-electron chi connectivity index (χ0n) is 15.8. The van der Waals surface area contributed by atoms with Crippen molar-refractivity contribution in [2.24, 2.45) is 4.99 Å². The summed E-state index contributed by atoms with van der Waals surface area (Å²) < 4.78 is 12.8. The van der Waals surface area contributed by atoms with E-state index in [1.165, 1.54) is 18.4 Å². The van der Waals surface area contributed by atoms with Crippen molar-refractivity contribution >= 4 is 45.2 Å². The van der Waals surface area contributed by atoms with Crippen LogP contribution in [0.4, 0.5) is 0 Å². The number of amides is 1. The van der Waals surface area contributed by atoms with E-state index in [4.69, 9.17) is 9.47 Å². The maximum Gasteiger partial charge on any atom is 0.337 e. The van der Waals surface area contributed by atoms with Crippen molar-refractivity contribution in [2.45, 2.75) is 11.4 Å². The standard InChI is InChI=1S/C20H20N2O4S2/c1-25-10-9-22-16-8-7-14(19(24)26-2)12-17(16)28-20(22)21-18(23)13-5-4-6-15(11-13)27-3/h4-8,11-12H,9-10H2,1-3H3. The fourth-order valence-corrected chi connectivity index (χ4v) is 4.26. The number of thiazole rings is 1. The van der Waals surface area contributed by atoms with Crippen molar-refractivity contribution < 1.29 is 19.1 Å². The topological polar surface area (TPSA) is 69.9 Å². The van der Waals surface area contributed by atoms with Gasteiger partial charge in [-0.25, -0.2) is 4.79 Å². The van der Waals surface area contributed by atoms with E-state index in [9.17, 15) is 9.59 Å². The van der Waals surface area contributed by atoms with E-state index in [1.807, 2.05) is 35.1 Å². The first-order chi connectivity index (χ1) is 13.6. The van der Waals surface area contributed by atoms with Crippen LogP contribution in [0.25, 0.3) is 10.2 Å². The highest BCUT2D eigenvalue weighted by Crippen LogP contribution is 2.21. The summed E-state index contributed by atoms with van der Waals surface area (Å²) in [5, 5.41) is 0. The number of carbonyl (C=O) groups is 2. The average Bonchev–Trinajstić information content (AvgIpc) is 3.07. The molecule has 0 saturated heterocycles. The van der Waals surface area contributed by atoms with Crippen LogP contribution in [0.1, 0.15) is 20.7 Å². The number of thioether (sulfide) groups is 1. The van der Waals surface area contributed by atoms with Crippen LogP contribution in [0.3, 0.4) is 0 Å². The molecule has 0 N–H and O–H groups in total. The van der Waals surface area contributed by atoms with Gasteiger partial charge in [0.2, 0.25) is 0 Å². The summed E-state index contributed by atoms with van der Waals surface area (Å²) in [6.45, 7) is 1.03. The number of methoxy groups -OCH3 is 2. The van der Waals surface area contributed by atoms with Crippen molar-refractivity contribution in [3.8, 4) is 0 Å². The van der Waals surface area contributed by atoms with E-state index in [0.717, 1.165) is 15.1 Å². The maximum atomic E-state index is 12.7. The molecule has 0 radical (unpaired) electrons. The third-order valence-electron chi connectivity index (χ3n) is 4.14. The SMILES string of the molecule is COCCn1c(=NC(=O)c2cccc(SC)c2)sc2cc(C(=O)OC)ccc21. The van der Waals surface area contributed by atoms with E-state index < -0.39 is 5.97 Å². The predicted octanol–water partition coefficient (Wildman–Crippen LogP) is 3.60. The van der Waals surface area contributed by atoms with Gasteiger partial charge in [0.05, 0.1) is 29.5 Å². The molecule has 0 aliphatic rings. The maximum absolute atomic E-state index is 12.7. The van der Waals surface area contributed by atoms with Crippen molar-refractivity contribution in [3.63, 3.8) is 0 Å². The van der Waals surface area contributed by atoms with Crippen molar-refractivity contribution in [2.75, 3.05) is 27.1 Å². The Morgan fingerprint density at radius 2 is 1.96 bits per heavy atom. The van der Waals surface area contributed by atoms with E-state index in [0.29, 0.717) is 29.1 Å². The van der Waals surface area contributed by atoms with E-state index in [-0.39, 0.29) is 5.91 Å². The summed E-state index contributed by atoms with van der Waals surface area (Å²) >= 11 is 2.93. The molecule has 28 heavy (non-hydrogen) atoms. The lowest BCUT2D eigenvalue weighted by Crippen LogP contribution is -2.19. The molecule has 0 fully saturated rings. The van der Waals surface area contributed by atoms with Crippen LogP contribution < -0.4 is 4.80 Å². The Labute approximate surface area is 170 Å². The second-order valence-corrected chi connectivity index (χ2v) is 7.74. The quantitative estimate of drug-likeness (QED) is 0.454. The van der Waals surface area contributed by atoms with Gasteiger partial charge in [-0.15, -0.1) is 11.8 Å². The van der Waals surface area contributed by atoms with Crippen molar-refractivity contribution in [1.82, 2.24) is 4.57 Å². The highest BCUT2D eigenvalue weighted by Gasteiger charge is 2.13. The Kier molecular flexibility index (Phi) is 6.66. The van der Waals surface area contributed by atoms with Crippen LogP contribution in [0, 0.1) is 0 Å². The molecule has 6 nitrogen and oxygen atoms in total. The van der Waals surface area contributed by atoms with Gasteiger partial charge in [-0.05, 0) is 42.7 Å². The average molecular weight is 417 g/mol. The number of carbonyl (C=O) groups excluding carboxylic acids is 2. The van der Waals surface area contributed by atoms with Gasteiger partial charge >= 0.3 is 5.97 Å². The van der Waals surface area contributed by atoms with Crippen LogP contribution in [0.5, 0.6) is 0 Å². The molecule has 3 aromatic rings. The summed E-state index contributed by atoms with van der Waals surface area (Å²) in [6, 6.07) is 12.7. The first-order valence-electron chi connectivity index (χ1n) is 8.51. The number of hydrogen-bond donors (Lipinski definition) is 0. The molecule has 0 spiro atoms. The summed E-state index contributed by atoms with van der Waals surface area (Å²) in [5.74, 6) is -0.705. The zero-order valence-corrected chi connectivity index (χ0v) is 17.4. The predicted molar refractivity (Wildman–Crippen MR) is 111 cm³/mol. The molecular weight excluding hydrogens is 396 g/mol. The highest BCUT2D eigenvalue weighted by molar-refractivity contribution is 7.98. The van der Waals surface area contributed by atoms with Gasteiger partial charge in [-0.1, -0.05) is 17.4 Å². The number of nitrogens with zero attached hydrogens (tertiary/aromatic N) is 2. The molecule has 0 aliphatic carbocycles. The molecule has 0 aliphatic heterocycles. The fourth-order valence-electron chi connectivity index (χ4n) is 2.71. The molecule has 1 aromatic heterocycles. The van der Waals surface area contributed by atoms with E-state index >= 15 is 0 Å². The molecule has 0 saturated carbocycles. The van der Waals surface area contributed by atoms with Gasteiger partial charge in [0.1, 0.15) is 0 Å². The number of benzene rings is 2. The first kappa shape index (κ1) is 20.3. The van der Waals surface area contributed by atoms with Crippen molar-refractivity contribution in [1.29, 1.82) is 0 Å². The van der Waals surface area contributed by atoms with E-state index in [1.54, 1.807) is 37.1 Å². The molecule has 0 atom stereocenters. The minimum atomic E-state index is -0.401. The number of ether oxygens (including phenoxy) is 2. The Hall–Kier alpha value is -2.42. The summed E-state index contributed by atoms with van der Waals surface area (Å²) in [6.07, 6.45) is 1.96. The molecule has 1 heterocycles. The number of esters is 1. The van der Waals surface area contributed by atoms with Gasteiger partial charge in [0.15, 0.2) is 4.80 Å². The second kappa shape index (κ2) is 9.18. The van der Waals surface area contributed by atoms with Gasteiger partial charge in [-0.3, -0.25) is 4.79 Å². The van der Waals surface area contributed by atoms with Crippen LogP contribution >= 0.6 is 23.1 Å². The summed E-state index contributed by atoms with van der Waals surface area (Å²) in [5.41, 5.74) is 1.89. The summed E-state index contributed by atoms with van der Waals surface area (Å²) in [7, 11) is 2.97. The molecule has 1 amide bonds. The smallest absolute Gasteiger partial charge is 0.337 e. The normalized spacial score (nSPS) is 11.8. The third-order valence-corrected chi connectivity index (χ3v) is 5.90. The minimum Gasteiger partial charge on any atom is -0.465 e. The Balaban J connectivity index is 2.10. The molecule has 0 bridgehead atoms. The van der Waals surface area contributed by atoms with Crippen LogP contribution in [0.15, 0.2) is 52.4 Å². The number of fused-ring (bicyclic) bond motifs is 1. The first-order valence-corrected chi connectivity index (χ1v) is 10.5. The fraction of sp³-hybridized carbons (Fsp3) is 0.250. The van der Waals surface area contributed by atoms with Crippen molar-refractivity contribution in [3.05, 3.63) is 58.4 Å². The van der Waals surface area contributed by atoms with Gasteiger partial charge in [0.25, 0.3) is 5.91 Å². The Morgan fingerprint density at radius 3 is 2.68 bits per heavy atom. The number of aromatic nitrogens is 1. The van der Waals surface area contributed by atoms with Gasteiger partial charge < -0.3 is 14.0 Å². The van der Waals surface area contributed by atoms with Gasteiger partial charge in [0, 0.05) is 24.1 Å². The Bertz CT molecular complexity index is 1090. The molecule has 2 aromatic carbocycles. The largest absolute Gasteiger partial charge is 0.465 e. The van der Waals surface area contributed by atoms with Crippen LogP contribution in [0.2, 0.25) is 0 Å². The zero-order chi connectivity index (χ0) is 20.1.